The van der Waals surface area contributed by atoms with Gasteiger partial charge < -0.3 is 11.1 Å². The number of amides is 1. The van der Waals surface area contributed by atoms with Crippen LogP contribution >= 0.6 is 0 Å². The van der Waals surface area contributed by atoms with Crippen LogP contribution in [0, 0.1) is 0 Å². The largest absolute Gasteiger partial charge is 0.368 e. The van der Waals surface area contributed by atoms with E-state index in [9.17, 15) is 4.79 Å². The van der Waals surface area contributed by atoms with Crippen molar-refractivity contribution in [2.24, 2.45) is 10.7 Å². The average molecular weight is 188 g/mol. The van der Waals surface area contributed by atoms with Crippen molar-refractivity contribution >= 4 is 11.9 Å². The zero-order valence-electron chi connectivity index (χ0n) is 7.87. The standard InChI is InChI=1S/C7H16N4O2/c1-5(2)10-6(12)3-4-9-7(8)11-13/h5,13H,3-4H2,1-2H3,(H,10,12)(H3,8,9,11). The Labute approximate surface area is 77.2 Å². The number of nitrogens with two attached hydrogens (primary N) is 1. The van der Waals surface area contributed by atoms with Gasteiger partial charge in [-0.25, -0.2) is 5.48 Å². The van der Waals surface area contributed by atoms with E-state index < -0.39 is 0 Å². The monoisotopic (exact) mass is 188 g/mol. The first-order valence-corrected chi connectivity index (χ1v) is 4.05. The third kappa shape index (κ3) is 7.07. The fourth-order valence-electron chi connectivity index (χ4n) is 0.707. The van der Waals surface area contributed by atoms with Crippen LogP contribution in [0.5, 0.6) is 0 Å². The number of aliphatic imine (C=N–C) groups is 1. The first kappa shape index (κ1) is 11.7. The van der Waals surface area contributed by atoms with Gasteiger partial charge >= 0.3 is 0 Å². The number of rotatable bonds is 4. The number of carbonyl (C=O) groups excluding carboxylic acids is 1. The Hall–Kier alpha value is -1.30. The van der Waals surface area contributed by atoms with E-state index in [2.05, 4.69) is 10.3 Å². The molecule has 0 unspecified atom stereocenters. The molecule has 76 valence electrons. The molecule has 0 aliphatic rings. The quantitative estimate of drug-likeness (QED) is 0.263. The fraction of sp³-hybridized carbons (Fsp3) is 0.714. The van der Waals surface area contributed by atoms with Crippen molar-refractivity contribution < 1.29 is 10.0 Å². The van der Waals surface area contributed by atoms with Gasteiger partial charge in [0.05, 0.1) is 6.54 Å². The first-order valence-electron chi connectivity index (χ1n) is 4.05. The van der Waals surface area contributed by atoms with Crippen LogP contribution in [0.15, 0.2) is 4.99 Å². The Morgan fingerprint density at radius 3 is 2.69 bits per heavy atom. The molecule has 0 saturated carbocycles. The molecule has 0 rings (SSSR count). The summed E-state index contributed by atoms with van der Waals surface area (Å²) in [7, 11) is 0. The second kappa shape index (κ2) is 6.24. The molecule has 0 spiro atoms. The van der Waals surface area contributed by atoms with Gasteiger partial charge in [0.1, 0.15) is 0 Å². The van der Waals surface area contributed by atoms with Crippen LogP contribution in [0.25, 0.3) is 0 Å². The van der Waals surface area contributed by atoms with Gasteiger partial charge in [-0.3, -0.25) is 15.0 Å². The van der Waals surface area contributed by atoms with Crippen LogP contribution in [0.3, 0.4) is 0 Å². The summed E-state index contributed by atoms with van der Waals surface area (Å²) in [5, 5.41) is 10.9. The van der Waals surface area contributed by atoms with Crippen LogP contribution in [0.2, 0.25) is 0 Å². The molecule has 0 aromatic heterocycles. The predicted molar refractivity (Wildman–Crippen MR) is 49.3 cm³/mol. The molecular weight excluding hydrogens is 172 g/mol. The van der Waals surface area contributed by atoms with Crippen LogP contribution in [-0.4, -0.2) is 29.7 Å². The van der Waals surface area contributed by atoms with Crippen molar-refractivity contribution in [1.29, 1.82) is 0 Å². The SMILES string of the molecule is CC(C)NC(=O)CCN=C(N)NO. The molecule has 0 aromatic carbocycles. The summed E-state index contributed by atoms with van der Waals surface area (Å²) >= 11 is 0. The number of nitrogens with one attached hydrogen (secondary N) is 2. The van der Waals surface area contributed by atoms with E-state index in [1.807, 2.05) is 13.8 Å². The van der Waals surface area contributed by atoms with Gasteiger partial charge in [-0.1, -0.05) is 0 Å². The van der Waals surface area contributed by atoms with E-state index in [-0.39, 0.29) is 30.9 Å². The second-order valence-electron chi connectivity index (χ2n) is 2.85. The Morgan fingerprint density at radius 1 is 1.62 bits per heavy atom. The van der Waals surface area contributed by atoms with Crippen molar-refractivity contribution in [1.82, 2.24) is 10.8 Å². The summed E-state index contributed by atoms with van der Waals surface area (Å²) in [4.78, 5) is 14.7. The summed E-state index contributed by atoms with van der Waals surface area (Å²) in [6.45, 7) is 4.02. The number of hydrogen-bond acceptors (Lipinski definition) is 3. The van der Waals surface area contributed by atoms with Crippen LogP contribution in [0.4, 0.5) is 0 Å². The molecule has 0 aliphatic carbocycles. The molecule has 0 atom stereocenters. The van der Waals surface area contributed by atoms with E-state index in [0.29, 0.717) is 0 Å². The van der Waals surface area contributed by atoms with Crippen LogP contribution in [-0.2, 0) is 4.79 Å². The molecule has 0 radical (unpaired) electrons. The van der Waals surface area contributed by atoms with Crippen LogP contribution in [0.1, 0.15) is 20.3 Å². The van der Waals surface area contributed by atoms with Gasteiger partial charge in [0, 0.05) is 12.5 Å². The molecule has 0 aliphatic heterocycles. The van der Waals surface area contributed by atoms with Crippen molar-refractivity contribution in [2.45, 2.75) is 26.3 Å². The van der Waals surface area contributed by atoms with Gasteiger partial charge in [0.2, 0.25) is 11.9 Å². The highest BCUT2D eigenvalue weighted by atomic mass is 16.5. The minimum absolute atomic E-state index is 0.0792. The molecule has 13 heavy (non-hydrogen) atoms. The van der Waals surface area contributed by atoms with Gasteiger partial charge in [-0.2, -0.15) is 0 Å². The maximum atomic E-state index is 11.0. The minimum Gasteiger partial charge on any atom is -0.368 e. The van der Waals surface area contributed by atoms with E-state index >= 15 is 0 Å². The summed E-state index contributed by atoms with van der Waals surface area (Å²) in [6, 6.07) is 0.129. The Balaban J connectivity index is 3.59. The summed E-state index contributed by atoms with van der Waals surface area (Å²) < 4.78 is 0. The zero-order valence-corrected chi connectivity index (χ0v) is 7.87. The molecular formula is C7H16N4O2. The number of hydrogen-bond donors (Lipinski definition) is 4. The smallest absolute Gasteiger partial charge is 0.222 e. The van der Waals surface area contributed by atoms with Crippen molar-refractivity contribution in [2.75, 3.05) is 6.54 Å². The lowest BCUT2D eigenvalue weighted by Gasteiger charge is -2.06. The summed E-state index contributed by atoms with van der Waals surface area (Å²) in [6.07, 6.45) is 0.264. The third-order valence-electron chi connectivity index (χ3n) is 1.19. The molecule has 0 bridgehead atoms. The normalized spacial score (nSPS) is 11.5. The van der Waals surface area contributed by atoms with Crippen molar-refractivity contribution in [3.63, 3.8) is 0 Å². The number of guanidine groups is 1. The van der Waals surface area contributed by atoms with Gasteiger partial charge in [-0.15, -0.1) is 0 Å². The summed E-state index contributed by atoms with van der Waals surface area (Å²) in [5.41, 5.74) is 6.79. The number of nitrogens with zero attached hydrogens (tertiary/aromatic N) is 1. The van der Waals surface area contributed by atoms with Crippen LogP contribution < -0.4 is 16.5 Å². The molecule has 0 heterocycles. The maximum Gasteiger partial charge on any atom is 0.222 e. The van der Waals surface area contributed by atoms with E-state index in [1.165, 1.54) is 0 Å². The van der Waals surface area contributed by atoms with E-state index in [1.54, 1.807) is 5.48 Å². The molecule has 0 saturated heterocycles. The first-order chi connectivity index (χ1) is 6.06. The van der Waals surface area contributed by atoms with Crippen molar-refractivity contribution in [3.8, 4) is 0 Å². The van der Waals surface area contributed by atoms with Crippen molar-refractivity contribution in [3.05, 3.63) is 0 Å². The number of carbonyl (C=O) groups is 1. The lowest BCUT2D eigenvalue weighted by atomic mass is 10.3. The highest BCUT2D eigenvalue weighted by Gasteiger charge is 2.01. The Morgan fingerprint density at radius 2 is 2.23 bits per heavy atom. The average Bonchev–Trinajstić information content (AvgIpc) is 2.02. The topological polar surface area (TPSA) is 99.7 Å². The maximum absolute atomic E-state index is 11.0. The lowest BCUT2D eigenvalue weighted by Crippen LogP contribution is -2.31. The molecule has 5 N–H and O–H groups in total. The second-order valence-corrected chi connectivity index (χ2v) is 2.85. The highest BCUT2D eigenvalue weighted by Crippen LogP contribution is 1.84. The molecule has 1 amide bonds. The van der Waals surface area contributed by atoms with E-state index in [0.717, 1.165) is 0 Å². The molecule has 0 aromatic rings. The van der Waals surface area contributed by atoms with Gasteiger partial charge in [0.15, 0.2) is 0 Å². The molecule has 0 fully saturated rings. The Bertz CT molecular complexity index is 191. The molecule has 6 nitrogen and oxygen atoms in total. The zero-order chi connectivity index (χ0) is 10.3. The number of hydroxylamine groups is 1. The van der Waals surface area contributed by atoms with E-state index in [4.69, 9.17) is 10.9 Å². The predicted octanol–water partition coefficient (Wildman–Crippen LogP) is -0.805. The lowest BCUT2D eigenvalue weighted by molar-refractivity contribution is -0.121. The van der Waals surface area contributed by atoms with Gasteiger partial charge in [-0.05, 0) is 13.8 Å². The summed E-state index contributed by atoms with van der Waals surface area (Å²) in [5.74, 6) is -0.165. The minimum atomic E-state index is -0.0858. The van der Waals surface area contributed by atoms with Gasteiger partial charge in [0.25, 0.3) is 0 Å². The highest BCUT2D eigenvalue weighted by molar-refractivity contribution is 5.78. The molecule has 6 heteroatoms. The fourth-order valence-corrected chi connectivity index (χ4v) is 0.707. The Kier molecular flexibility index (Phi) is 5.62. The third-order valence-corrected chi connectivity index (χ3v) is 1.19.